The van der Waals surface area contributed by atoms with Gasteiger partial charge in [0.15, 0.2) is 0 Å². The summed E-state index contributed by atoms with van der Waals surface area (Å²) in [5, 5.41) is 2.71. The Morgan fingerprint density at radius 1 is 1.17 bits per heavy atom. The summed E-state index contributed by atoms with van der Waals surface area (Å²) in [7, 11) is -2.18. The summed E-state index contributed by atoms with van der Waals surface area (Å²) in [5.74, 6) is 0.354. The average molecular weight is 346 g/mol. The number of benzene rings is 2. The second-order valence-corrected chi connectivity index (χ2v) is 7.36. The summed E-state index contributed by atoms with van der Waals surface area (Å²) in [6.07, 6.45) is 0.609. The number of sulfonamides is 1. The number of carbonyl (C=O) groups excluding carboxylic acids is 1. The van der Waals surface area contributed by atoms with Crippen molar-refractivity contribution in [1.29, 1.82) is 0 Å². The summed E-state index contributed by atoms with van der Waals surface area (Å²) in [5.41, 5.74) is 1.96. The Kier molecular flexibility index (Phi) is 4.19. The van der Waals surface area contributed by atoms with Crippen LogP contribution in [-0.4, -0.2) is 28.0 Å². The van der Waals surface area contributed by atoms with Gasteiger partial charge in [0.2, 0.25) is 5.91 Å². The van der Waals surface area contributed by atoms with Crippen molar-refractivity contribution in [2.45, 2.75) is 18.2 Å². The van der Waals surface area contributed by atoms with Gasteiger partial charge in [0.05, 0.1) is 23.4 Å². The molecule has 0 radical (unpaired) electrons. The van der Waals surface area contributed by atoms with Crippen LogP contribution in [0, 0.1) is 0 Å². The number of para-hydroxylation sites is 1. The van der Waals surface area contributed by atoms with Crippen LogP contribution in [0.5, 0.6) is 5.75 Å². The van der Waals surface area contributed by atoms with Crippen LogP contribution < -0.4 is 14.4 Å². The van der Waals surface area contributed by atoms with E-state index in [0.717, 1.165) is 5.56 Å². The third-order valence-corrected chi connectivity index (χ3v) is 5.72. The van der Waals surface area contributed by atoms with E-state index in [9.17, 15) is 13.2 Å². The number of carbonyl (C=O) groups is 1. The lowest BCUT2D eigenvalue weighted by atomic mass is 10.1. The average Bonchev–Trinajstić information content (AvgIpc) is 3.00. The molecule has 1 heterocycles. The van der Waals surface area contributed by atoms with Crippen LogP contribution in [0.15, 0.2) is 47.4 Å². The Morgan fingerprint density at radius 2 is 1.88 bits per heavy atom. The van der Waals surface area contributed by atoms with E-state index < -0.39 is 10.0 Å². The van der Waals surface area contributed by atoms with E-state index in [-0.39, 0.29) is 10.8 Å². The maximum atomic E-state index is 13.0. The second kappa shape index (κ2) is 6.16. The van der Waals surface area contributed by atoms with Crippen molar-refractivity contribution in [3.05, 3.63) is 48.0 Å². The molecule has 24 heavy (non-hydrogen) atoms. The Balaban J connectivity index is 2.04. The van der Waals surface area contributed by atoms with Gasteiger partial charge in [-0.3, -0.25) is 9.10 Å². The highest BCUT2D eigenvalue weighted by Crippen LogP contribution is 2.39. The molecule has 0 atom stereocenters. The SMILES string of the molecule is COc1ccc(S(=O)(=O)N2CCc3cccc(NC(C)=O)c32)cc1. The van der Waals surface area contributed by atoms with Crippen LogP contribution in [-0.2, 0) is 21.2 Å². The number of rotatable bonds is 4. The zero-order valence-electron chi connectivity index (χ0n) is 13.4. The van der Waals surface area contributed by atoms with E-state index in [1.807, 2.05) is 12.1 Å². The third-order valence-electron chi connectivity index (χ3n) is 3.91. The van der Waals surface area contributed by atoms with Gasteiger partial charge in [-0.1, -0.05) is 12.1 Å². The Labute approximate surface area is 141 Å². The third kappa shape index (κ3) is 2.82. The predicted octanol–water partition coefficient (Wildman–Crippen LogP) is 2.41. The highest BCUT2D eigenvalue weighted by molar-refractivity contribution is 7.92. The number of anilines is 2. The lowest BCUT2D eigenvalue weighted by Gasteiger charge is -2.22. The van der Waals surface area contributed by atoms with E-state index in [2.05, 4.69) is 5.32 Å². The van der Waals surface area contributed by atoms with E-state index in [0.29, 0.717) is 30.1 Å². The van der Waals surface area contributed by atoms with Crippen LogP contribution in [0.1, 0.15) is 12.5 Å². The normalized spacial score (nSPS) is 13.5. The van der Waals surface area contributed by atoms with Crippen LogP contribution >= 0.6 is 0 Å². The molecule has 0 aliphatic carbocycles. The number of amides is 1. The fourth-order valence-electron chi connectivity index (χ4n) is 2.83. The van der Waals surface area contributed by atoms with Crippen molar-refractivity contribution in [3.8, 4) is 5.75 Å². The molecule has 1 aliphatic heterocycles. The molecule has 0 fully saturated rings. The van der Waals surface area contributed by atoms with Crippen molar-refractivity contribution in [2.75, 3.05) is 23.3 Å². The predicted molar refractivity (Wildman–Crippen MR) is 92.0 cm³/mol. The van der Waals surface area contributed by atoms with Gasteiger partial charge in [0, 0.05) is 13.5 Å². The van der Waals surface area contributed by atoms with Gasteiger partial charge >= 0.3 is 0 Å². The highest BCUT2D eigenvalue weighted by atomic mass is 32.2. The molecule has 0 saturated heterocycles. The van der Waals surface area contributed by atoms with Gasteiger partial charge in [0.1, 0.15) is 5.75 Å². The van der Waals surface area contributed by atoms with Crippen molar-refractivity contribution in [2.24, 2.45) is 0 Å². The van der Waals surface area contributed by atoms with Crippen LogP contribution in [0.2, 0.25) is 0 Å². The van der Waals surface area contributed by atoms with Crippen molar-refractivity contribution >= 4 is 27.3 Å². The summed E-state index contributed by atoms with van der Waals surface area (Å²) < 4.78 is 32.4. The minimum atomic E-state index is -3.71. The number of ether oxygens (including phenoxy) is 1. The summed E-state index contributed by atoms with van der Waals surface area (Å²) >= 11 is 0. The minimum absolute atomic E-state index is 0.189. The van der Waals surface area contributed by atoms with Gasteiger partial charge in [-0.25, -0.2) is 8.42 Å². The molecule has 1 amide bonds. The number of hydrogen-bond acceptors (Lipinski definition) is 4. The monoisotopic (exact) mass is 346 g/mol. The largest absolute Gasteiger partial charge is 0.497 e. The molecule has 7 heteroatoms. The first-order chi connectivity index (χ1) is 11.4. The van der Waals surface area contributed by atoms with Gasteiger partial charge in [0.25, 0.3) is 10.0 Å². The zero-order valence-corrected chi connectivity index (χ0v) is 14.3. The molecular formula is C17H18N2O4S. The number of hydrogen-bond donors (Lipinski definition) is 1. The first-order valence-electron chi connectivity index (χ1n) is 7.50. The van der Waals surface area contributed by atoms with Gasteiger partial charge < -0.3 is 10.1 Å². The Hall–Kier alpha value is -2.54. The lowest BCUT2D eigenvalue weighted by Crippen LogP contribution is -2.30. The van der Waals surface area contributed by atoms with Gasteiger partial charge in [-0.05, 0) is 42.3 Å². The molecule has 0 saturated carbocycles. The van der Waals surface area contributed by atoms with E-state index >= 15 is 0 Å². The standard InChI is InChI=1S/C17H18N2O4S/c1-12(20)18-16-5-3-4-13-10-11-19(17(13)16)24(21,22)15-8-6-14(23-2)7-9-15/h3-9H,10-11H2,1-2H3,(H,18,20). The molecule has 2 aromatic carbocycles. The fraction of sp³-hybridized carbons (Fsp3) is 0.235. The highest BCUT2D eigenvalue weighted by Gasteiger charge is 2.33. The Morgan fingerprint density at radius 3 is 2.50 bits per heavy atom. The minimum Gasteiger partial charge on any atom is -0.497 e. The topological polar surface area (TPSA) is 75.7 Å². The first-order valence-corrected chi connectivity index (χ1v) is 8.94. The number of nitrogens with one attached hydrogen (secondary N) is 1. The number of fused-ring (bicyclic) bond motifs is 1. The summed E-state index contributed by atoms with van der Waals surface area (Å²) in [6.45, 7) is 1.75. The number of nitrogens with zero attached hydrogens (tertiary/aromatic N) is 1. The molecule has 0 unspecified atom stereocenters. The molecule has 1 aliphatic rings. The van der Waals surface area contributed by atoms with Crippen molar-refractivity contribution in [3.63, 3.8) is 0 Å². The smallest absolute Gasteiger partial charge is 0.264 e. The molecule has 6 nitrogen and oxygen atoms in total. The summed E-state index contributed by atoms with van der Waals surface area (Å²) in [6, 6.07) is 11.7. The van der Waals surface area contributed by atoms with Gasteiger partial charge in [-0.15, -0.1) is 0 Å². The lowest BCUT2D eigenvalue weighted by molar-refractivity contribution is -0.114. The molecule has 0 spiro atoms. The molecule has 1 N–H and O–H groups in total. The maximum Gasteiger partial charge on any atom is 0.264 e. The van der Waals surface area contributed by atoms with E-state index in [4.69, 9.17) is 4.74 Å². The maximum absolute atomic E-state index is 13.0. The fourth-order valence-corrected chi connectivity index (χ4v) is 4.35. The van der Waals surface area contributed by atoms with E-state index in [1.54, 1.807) is 18.2 Å². The second-order valence-electron chi connectivity index (χ2n) is 5.50. The quantitative estimate of drug-likeness (QED) is 0.922. The van der Waals surface area contributed by atoms with Crippen molar-refractivity contribution in [1.82, 2.24) is 0 Å². The molecule has 0 aromatic heterocycles. The molecule has 3 rings (SSSR count). The van der Waals surface area contributed by atoms with Crippen LogP contribution in [0.4, 0.5) is 11.4 Å². The first kappa shape index (κ1) is 16.3. The summed E-state index contributed by atoms with van der Waals surface area (Å²) in [4.78, 5) is 11.6. The zero-order chi connectivity index (χ0) is 17.3. The van der Waals surface area contributed by atoms with Crippen LogP contribution in [0.3, 0.4) is 0 Å². The van der Waals surface area contributed by atoms with Crippen molar-refractivity contribution < 1.29 is 17.9 Å². The van der Waals surface area contributed by atoms with E-state index in [1.165, 1.54) is 30.5 Å². The van der Waals surface area contributed by atoms with Gasteiger partial charge in [-0.2, -0.15) is 0 Å². The Bertz CT molecular complexity index is 876. The van der Waals surface area contributed by atoms with Crippen LogP contribution in [0.25, 0.3) is 0 Å². The molecule has 0 bridgehead atoms. The molecule has 126 valence electrons. The molecule has 2 aromatic rings. The molecular weight excluding hydrogens is 328 g/mol. The number of methoxy groups -OCH3 is 1.